The Hall–Kier alpha value is -2.28. The van der Waals surface area contributed by atoms with Gasteiger partial charge in [0, 0.05) is 12.0 Å². The van der Waals surface area contributed by atoms with Gasteiger partial charge in [-0.1, -0.05) is 18.2 Å². The number of carbonyl (C=O) groups excluding carboxylic acids is 2. The molecule has 1 N–H and O–H groups in total. The van der Waals surface area contributed by atoms with Crippen molar-refractivity contribution in [1.82, 2.24) is 5.32 Å². The van der Waals surface area contributed by atoms with Gasteiger partial charge in [0.15, 0.2) is 0 Å². The van der Waals surface area contributed by atoms with Crippen LogP contribution in [-0.4, -0.2) is 24.5 Å². The van der Waals surface area contributed by atoms with E-state index in [9.17, 15) is 9.59 Å². The molecule has 0 aromatic heterocycles. The molecule has 1 atom stereocenters. The minimum atomic E-state index is -0.699. The monoisotopic (exact) mass is 245 g/mol. The molecule has 18 heavy (non-hydrogen) atoms. The minimum Gasteiger partial charge on any atom is -0.463 e. The second kappa shape index (κ2) is 7.13. The Bertz CT molecular complexity index is 448. The van der Waals surface area contributed by atoms with Crippen LogP contribution in [0.3, 0.4) is 0 Å². The Morgan fingerprint density at radius 3 is 2.67 bits per heavy atom. The third kappa shape index (κ3) is 4.30. The lowest BCUT2D eigenvalue weighted by Gasteiger charge is -2.12. The van der Waals surface area contributed by atoms with Gasteiger partial charge in [0.05, 0.1) is 0 Å². The molecule has 1 aromatic rings. The number of esters is 1. The van der Waals surface area contributed by atoms with Gasteiger partial charge in [0.2, 0.25) is 0 Å². The maximum Gasteiger partial charge on any atom is 0.328 e. The second-order valence-corrected chi connectivity index (χ2v) is 3.68. The predicted octanol–water partition coefficient (Wildman–Crippen LogP) is 1.37. The highest BCUT2D eigenvalue weighted by Crippen LogP contribution is 1.99. The van der Waals surface area contributed by atoms with E-state index in [0.717, 1.165) is 0 Å². The summed E-state index contributed by atoms with van der Waals surface area (Å²) in [4.78, 5) is 23.2. The number of terminal acetylenes is 1. The summed E-state index contributed by atoms with van der Waals surface area (Å²) in [6.07, 6.45) is 5.40. The predicted molar refractivity (Wildman–Crippen MR) is 67.8 cm³/mol. The normalized spacial score (nSPS) is 11.1. The van der Waals surface area contributed by atoms with Gasteiger partial charge in [0.1, 0.15) is 12.6 Å². The zero-order valence-electron chi connectivity index (χ0n) is 10.2. The molecule has 94 valence electrons. The number of nitrogens with one attached hydrogen (secondary N) is 1. The molecule has 1 aromatic carbocycles. The number of amides is 1. The SMILES string of the molecule is C#CCCOC(=O)[C@H](C)NC(=O)c1ccccc1. The molecular weight excluding hydrogens is 230 g/mol. The van der Waals surface area contributed by atoms with Crippen molar-refractivity contribution >= 4 is 11.9 Å². The first-order chi connectivity index (χ1) is 8.65. The highest BCUT2D eigenvalue weighted by molar-refractivity contribution is 5.96. The third-order valence-corrected chi connectivity index (χ3v) is 2.23. The molecule has 0 saturated carbocycles. The van der Waals surface area contributed by atoms with Gasteiger partial charge < -0.3 is 10.1 Å². The summed E-state index contributed by atoms with van der Waals surface area (Å²) in [5, 5.41) is 2.56. The van der Waals surface area contributed by atoms with E-state index in [2.05, 4.69) is 11.2 Å². The summed E-state index contributed by atoms with van der Waals surface area (Å²) in [6, 6.07) is 7.97. The number of ether oxygens (including phenoxy) is 1. The highest BCUT2D eigenvalue weighted by atomic mass is 16.5. The minimum absolute atomic E-state index is 0.168. The molecule has 0 heterocycles. The van der Waals surface area contributed by atoms with Crippen LogP contribution in [0.4, 0.5) is 0 Å². The molecule has 0 aliphatic carbocycles. The molecule has 0 bridgehead atoms. The standard InChI is InChI=1S/C14H15NO3/c1-3-4-10-18-14(17)11(2)15-13(16)12-8-6-5-7-9-12/h1,5-9,11H,4,10H2,2H3,(H,15,16)/t11-/m0/s1. The van der Waals surface area contributed by atoms with Crippen molar-refractivity contribution in [3.8, 4) is 12.3 Å². The first kappa shape index (κ1) is 13.8. The third-order valence-electron chi connectivity index (χ3n) is 2.23. The number of rotatable bonds is 5. The van der Waals surface area contributed by atoms with Crippen LogP contribution in [0.2, 0.25) is 0 Å². The van der Waals surface area contributed by atoms with Crippen molar-refractivity contribution in [2.75, 3.05) is 6.61 Å². The fraction of sp³-hybridized carbons (Fsp3) is 0.286. The molecule has 0 aliphatic rings. The van der Waals surface area contributed by atoms with Crippen molar-refractivity contribution in [2.24, 2.45) is 0 Å². The van der Waals surface area contributed by atoms with Crippen molar-refractivity contribution in [3.63, 3.8) is 0 Å². The Labute approximate surface area is 106 Å². The Morgan fingerprint density at radius 2 is 2.06 bits per heavy atom. The van der Waals surface area contributed by atoms with Crippen LogP contribution in [0.15, 0.2) is 30.3 Å². The van der Waals surface area contributed by atoms with E-state index in [0.29, 0.717) is 12.0 Å². The number of hydrogen-bond acceptors (Lipinski definition) is 3. The van der Waals surface area contributed by atoms with Crippen molar-refractivity contribution < 1.29 is 14.3 Å². The van der Waals surface area contributed by atoms with Gasteiger partial charge in [-0.3, -0.25) is 4.79 Å². The number of hydrogen-bond donors (Lipinski definition) is 1. The molecule has 4 nitrogen and oxygen atoms in total. The Kier molecular flexibility index (Phi) is 5.46. The summed E-state index contributed by atoms with van der Waals surface area (Å²) in [5.74, 6) is 1.56. The maximum absolute atomic E-state index is 11.7. The molecule has 1 amide bonds. The van der Waals surface area contributed by atoms with Gasteiger partial charge in [0.25, 0.3) is 5.91 Å². The van der Waals surface area contributed by atoms with Crippen LogP contribution in [0.5, 0.6) is 0 Å². The summed E-state index contributed by atoms with van der Waals surface area (Å²) >= 11 is 0. The van der Waals surface area contributed by atoms with Crippen LogP contribution < -0.4 is 5.32 Å². The lowest BCUT2D eigenvalue weighted by Crippen LogP contribution is -2.39. The largest absolute Gasteiger partial charge is 0.463 e. The zero-order chi connectivity index (χ0) is 13.4. The second-order valence-electron chi connectivity index (χ2n) is 3.68. The summed E-state index contributed by atoms with van der Waals surface area (Å²) < 4.78 is 4.88. The molecule has 0 fully saturated rings. The average molecular weight is 245 g/mol. The fourth-order valence-corrected chi connectivity index (χ4v) is 1.26. The maximum atomic E-state index is 11.7. The quantitative estimate of drug-likeness (QED) is 0.484. The summed E-state index contributed by atoms with van der Waals surface area (Å²) in [5.41, 5.74) is 0.501. The average Bonchev–Trinajstić information content (AvgIpc) is 2.39. The van der Waals surface area contributed by atoms with Crippen molar-refractivity contribution in [1.29, 1.82) is 0 Å². The molecule has 0 radical (unpaired) electrons. The van der Waals surface area contributed by atoms with E-state index in [1.54, 1.807) is 31.2 Å². The van der Waals surface area contributed by atoms with E-state index >= 15 is 0 Å². The van der Waals surface area contributed by atoms with Gasteiger partial charge in [-0.05, 0) is 19.1 Å². The lowest BCUT2D eigenvalue weighted by atomic mass is 10.2. The molecule has 0 unspecified atom stereocenters. The van der Waals surface area contributed by atoms with E-state index in [1.165, 1.54) is 0 Å². The fourth-order valence-electron chi connectivity index (χ4n) is 1.26. The number of carbonyl (C=O) groups is 2. The van der Waals surface area contributed by atoms with E-state index in [1.807, 2.05) is 6.07 Å². The summed E-state index contributed by atoms with van der Waals surface area (Å²) in [6.45, 7) is 1.74. The van der Waals surface area contributed by atoms with Gasteiger partial charge in [-0.15, -0.1) is 12.3 Å². The molecule has 4 heteroatoms. The van der Waals surface area contributed by atoms with Crippen LogP contribution in [0.25, 0.3) is 0 Å². The van der Waals surface area contributed by atoms with E-state index in [4.69, 9.17) is 11.2 Å². The Morgan fingerprint density at radius 1 is 1.39 bits per heavy atom. The van der Waals surface area contributed by atoms with Gasteiger partial charge in [-0.2, -0.15) is 0 Å². The highest BCUT2D eigenvalue weighted by Gasteiger charge is 2.17. The molecule has 0 aliphatic heterocycles. The van der Waals surface area contributed by atoms with Crippen molar-refractivity contribution in [3.05, 3.63) is 35.9 Å². The van der Waals surface area contributed by atoms with Crippen LogP contribution >= 0.6 is 0 Å². The Balaban J connectivity index is 2.45. The van der Waals surface area contributed by atoms with Crippen molar-refractivity contribution in [2.45, 2.75) is 19.4 Å². The summed E-state index contributed by atoms with van der Waals surface area (Å²) in [7, 11) is 0. The lowest BCUT2D eigenvalue weighted by molar-refractivity contribution is -0.145. The smallest absolute Gasteiger partial charge is 0.328 e. The number of benzene rings is 1. The zero-order valence-corrected chi connectivity index (χ0v) is 10.2. The van der Waals surface area contributed by atoms with E-state index in [-0.39, 0.29) is 12.5 Å². The van der Waals surface area contributed by atoms with Gasteiger partial charge in [-0.25, -0.2) is 4.79 Å². The first-order valence-electron chi connectivity index (χ1n) is 5.61. The topological polar surface area (TPSA) is 55.4 Å². The first-order valence-corrected chi connectivity index (χ1v) is 5.61. The van der Waals surface area contributed by atoms with E-state index < -0.39 is 12.0 Å². The van der Waals surface area contributed by atoms with Gasteiger partial charge >= 0.3 is 5.97 Å². The molecule has 0 spiro atoms. The van der Waals surface area contributed by atoms with Crippen LogP contribution in [0.1, 0.15) is 23.7 Å². The molecular formula is C14H15NO3. The molecule has 0 saturated heterocycles. The molecule has 1 rings (SSSR count). The van der Waals surface area contributed by atoms with Crippen LogP contribution in [-0.2, 0) is 9.53 Å². The van der Waals surface area contributed by atoms with Crippen LogP contribution in [0, 0.1) is 12.3 Å².